The Morgan fingerprint density at radius 1 is 1.29 bits per heavy atom. The molecule has 1 aromatic carbocycles. The third-order valence-electron chi connectivity index (χ3n) is 7.26. The second-order valence-corrected chi connectivity index (χ2v) is 9.14. The van der Waals surface area contributed by atoms with Crippen molar-refractivity contribution in [1.29, 1.82) is 0 Å². The van der Waals surface area contributed by atoms with Crippen LogP contribution in [0.5, 0.6) is 11.5 Å². The van der Waals surface area contributed by atoms with Crippen LogP contribution in [0.15, 0.2) is 24.8 Å². The van der Waals surface area contributed by atoms with Crippen LogP contribution in [0, 0.1) is 5.92 Å². The summed E-state index contributed by atoms with van der Waals surface area (Å²) >= 11 is 0. The predicted octanol–water partition coefficient (Wildman–Crippen LogP) is 2.76. The molecule has 5 rings (SSSR count). The summed E-state index contributed by atoms with van der Waals surface area (Å²) in [6.45, 7) is 6.38. The first kappa shape index (κ1) is 22.3. The van der Waals surface area contributed by atoms with Gasteiger partial charge in [0.25, 0.3) is 5.91 Å². The number of nitrogens with one attached hydrogen (secondary N) is 1. The number of primary amides is 1. The van der Waals surface area contributed by atoms with Crippen molar-refractivity contribution in [3.63, 3.8) is 0 Å². The fourth-order valence-corrected chi connectivity index (χ4v) is 5.55. The maximum Gasteiger partial charge on any atom is 0.254 e. The van der Waals surface area contributed by atoms with Gasteiger partial charge < -0.3 is 25.4 Å². The van der Waals surface area contributed by atoms with Gasteiger partial charge in [0.15, 0.2) is 0 Å². The summed E-state index contributed by atoms with van der Waals surface area (Å²) in [4.78, 5) is 26.5. The Kier molecular flexibility index (Phi) is 5.93. The van der Waals surface area contributed by atoms with Crippen LogP contribution in [0.25, 0.3) is 11.3 Å². The number of likely N-dealkylation sites (tertiary alicyclic amines) is 1. The fraction of sp³-hybridized carbons (Fsp3) is 0.480. The van der Waals surface area contributed by atoms with Crippen molar-refractivity contribution >= 4 is 17.6 Å². The van der Waals surface area contributed by atoms with E-state index in [4.69, 9.17) is 20.3 Å². The highest BCUT2D eigenvalue weighted by Gasteiger charge is 2.36. The lowest BCUT2D eigenvalue weighted by molar-refractivity contribution is -0.127. The lowest BCUT2D eigenvalue weighted by Gasteiger charge is -2.38. The summed E-state index contributed by atoms with van der Waals surface area (Å²) in [7, 11) is 1.64. The highest BCUT2D eigenvalue weighted by atomic mass is 16.5. The van der Waals surface area contributed by atoms with Crippen molar-refractivity contribution in [3.05, 3.63) is 35.9 Å². The van der Waals surface area contributed by atoms with Gasteiger partial charge in [0.05, 0.1) is 19.8 Å². The fourth-order valence-electron chi connectivity index (χ4n) is 5.55. The topological polar surface area (TPSA) is 112 Å². The summed E-state index contributed by atoms with van der Waals surface area (Å²) in [5, 5.41) is 8.30. The van der Waals surface area contributed by atoms with Crippen LogP contribution in [-0.2, 0) is 11.2 Å². The smallest absolute Gasteiger partial charge is 0.254 e. The number of nitrogens with two attached hydrogens (primary N) is 1. The first-order valence-electron chi connectivity index (χ1n) is 11.9. The molecule has 4 heterocycles. The van der Waals surface area contributed by atoms with E-state index in [1.54, 1.807) is 7.11 Å². The number of hydrogen-bond donors (Lipinski definition) is 2. The first-order chi connectivity index (χ1) is 16.5. The number of aromatic nitrogens is 2. The van der Waals surface area contributed by atoms with Crippen LogP contribution in [0.2, 0.25) is 0 Å². The van der Waals surface area contributed by atoms with Crippen LogP contribution < -0.4 is 20.5 Å². The van der Waals surface area contributed by atoms with Crippen molar-refractivity contribution < 1.29 is 19.1 Å². The van der Waals surface area contributed by atoms with Gasteiger partial charge in [-0.1, -0.05) is 6.58 Å². The molecule has 3 aliphatic rings. The molecular formula is C25H31N5O4. The molecule has 9 nitrogen and oxygen atoms in total. The summed E-state index contributed by atoms with van der Waals surface area (Å²) < 4.78 is 13.5. The maximum absolute atomic E-state index is 12.6. The number of nitrogens with zero attached hydrogens (tertiary/aromatic N) is 3. The SMILES string of the molecule is C=CC(=O)N1CCC(C2CCNc3c(C(N)=O)c(-c4cc(OC)c5c(c4)OCCC5)nn32)CC1. The Morgan fingerprint density at radius 2 is 2.09 bits per heavy atom. The third kappa shape index (κ3) is 3.78. The highest BCUT2D eigenvalue weighted by molar-refractivity contribution is 6.04. The van der Waals surface area contributed by atoms with Gasteiger partial charge in [0.2, 0.25) is 5.91 Å². The lowest BCUT2D eigenvalue weighted by atomic mass is 9.87. The van der Waals surface area contributed by atoms with Gasteiger partial charge in [-0.15, -0.1) is 0 Å². The summed E-state index contributed by atoms with van der Waals surface area (Å²) in [5.74, 6) is 1.98. The van der Waals surface area contributed by atoms with Gasteiger partial charge in [-0.3, -0.25) is 9.59 Å². The molecule has 0 saturated carbocycles. The second-order valence-electron chi connectivity index (χ2n) is 9.14. The van der Waals surface area contributed by atoms with Crippen molar-refractivity contribution in [2.75, 3.05) is 38.7 Å². The number of methoxy groups -OCH3 is 1. The molecule has 1 fully saturated rings. The van der Waals surface area contributed by atoms with E-state index in [0.29, 0.717) is 42.7 Å². The van der Waals surface area contributed by atoms with Crippen LogP contribution in [0.1, 0.15) is 47.6 Å². The average molecular weight is 466 g/mol. The van der Waals surface area contributed by atoms with Crippen LogP contribution >= 0.6 is 0 Å². The molecule has 1 unspecified atom stereocenters. The minimum absolute atomic E-state index is 0.0228. The molecule has 0 bridgehead atoms. The molecule has 2 aromatic rings. The Balaban J connectivity index is 1.52. The van der Waals surface area contributed by atoms with Gasteiger partial charge in [-0.2, -0.15) is 5.10 Å². The summed E-state index contributed by atoms with van der Waals surface area (Å²) in [6.07, 6.45) is 5.85. The van der Waals surface area contributed by atoms with E-state index in [0.717, 1.165) is 61.3 Å². The number of carbonyl (C=O) groups excluding carboxylic acids is 2. The molecule has 0 radical (unpaired) electrons. The van der Waals surface area contributed by atoms with E-state index >= 15 is 0 Å². The molecule has 1 atom stereocenters. The zero-order chi connectivity index (χ0) is 23.8. The van der Waals surface area contributed by atoms with E-state index in [1.165, 1.54) is 6.08 Å². The molecule has 2 amide bonds. The monoisotopic (exact) mass is 465 g/mol. The average Bonchev–Trinajstić information content (AvgIpc) is 3.28. The second kappa shape index (κ2) is 9.04. The Hall–Kier alpha value is -3.49. The first-order valence-corrected chi connectivity index (χ1v) is 11.9. The molecule has 1 saturated heterocycles. The van der Waals surface area contributed by atoms with Crippen molar-refractivity contribution in [3.8, 4) is 22.8 Å². The molecule has 9 heteroatoms. The van der Waals surface area contributed by atoms with Gasteiger partial charge in [0, 0.05) is 30.8 Å². The van der Waals surface area contributed by atoms with Gasteiger partial charge >= 0.3 is 0 Å². The number of anilines is 1. The van der Waals surface area contributed by atoms with E-state index in [-0.39, 0.29) is 11.9 Å². The normalized spacial score (nSPS) is 19.9. The molecular weight excluding hydrogens is 434 g/mol. The number of fused-ring (bicyclic) bond motifs is 2. The van der Waals surface area contributed by atoms with Crippen LogP contribution in [0.3, 0.4) is 0 Å². The number of amides is 2. The summed E-state index contributed by atoms with van der Waals surface area (Å²) in [6, 6.07) is 3.98. The molecule has 3 aliphatic heterocycles. The number of carbonyl (C=O) groups is 2. The molecule has 0 spiro atoms. The number of rotatable bonds is 5. The van der Waals surface area contributed by atoms with E-state index in [2.05, 4.69) is 11.9 Å². The minimum atomic E-state index is -0.520. The number of ether oxygens (including phenoxy) is 2. The number of hydrogen-bond acceptors (Lipinski definition) is 6. The Bertz CT molecular complexity index is 1120. The zero-order valence-corrected chi connectivity index (χ0v) is 19.5. The summed E-state index contributed by atoms with van der Waals surface area (Å²) in [5.41, 5.74) is 8.59. The van der Waals surface area contributed by atoms with E-state index in [9.17, 15) is 9.59 Å². The number of piperidine rings is 1. The van der Waals surface area contributed by atoms with Gasteiger partial charge in [-0.25, -0.2) is 4.68 Å². The molecule has 34 heavy (non-hydrogen) atoms. The van der Waals surface area contributed by atoms with Crippen LogP contribution in [-0.4, -0.2) is 59.8 Å². The lowest BCUT2D eigenvalue weighted by Crippen LogP contribution is -2.41. The zero-order valence-electron chi connectivity index (χ0n) is 19.5. The van der Waals surface area contributed by atoms with E-state index in [1.807, 2.05) is 21.7 Å². The third-order valence-corrected chi connectivity index (χ3v) is 7.26. The van der Waals surface area contributed by atoms with Gasteiger partial charge in [0.1, 0.15) is 28.6 Å². The Labute approximate surface area is 198 Å². The standard InChI is InChI=1S/C25H31N5O4/c1-3-21(31)29-10-7-15(8-11-29)18-6-9-27-25-22(24(26)32)23(28-30(18)25)16-13-19(33-2)17-5-4-12-34-20(17)14-16/h3,13-15,18,27H,1,4-12H2,2H3,(H2,26,32). The Morgan fingerprint density at radius 3 is 2.79 bits per heavy atom. The largest absolute Gasteiger partial charge is 0.496 e. The van der Waals surface area contributed by atoms with Crippen molar-refractivity contribution in [2.24, 2.45) is 11.7 Å². The highest BCUT2D eigenvalue weighted by Crippen LogP contribution is 2.43. The van der Waals surface area contributed by atoms with Crippen molar-refractivity contribution in [1.82, 2.24) is 14.7 Å². The molecule has 1 aromatic heterocycles. The van der Waals surface area contributed by atoms with Crippen LogP contribution in [0.4, 0.5) is 5.82 Å². The quantitative estimate of drug-likeness (QED) is 0.657. The van der Waals surface area contributed by atoms with Gasteiger partial charge in [-0.05, 0) is 56.2 Å². The molecule has 180 valence electrons. The minimum Gasteiger partial charge on any atom is -0.496 e. The number of benzene rings is 1. The maximum atomic E-state index is 12.6. The predicted molar refractivity (Wildman–Crippen MR) is 128 cm³/mol. The van der Waals surface area contributed by atoms with Crippen molar-refractivity contribution in [2.45, 2.75) is 38.1 Å². The molecule has 0 aliphatic carbocycles. The van der Waals surface area contributed by atoms with E-state index < -0.39 is 5.91 Å². The molecule has 3 N–H and O–H groups in total.